The Hall–Kier alpha value is -3.77. The van der Waals surface area contributed by atoms with E-state index < -0.39 is 11.8 Å². The predicted molar refractivity (Wildman–Crippen MR) is 138 cm³/mol. The zero-order valence-electron chi connectivity index (χ0n) is 19.7. The third kappa shape index (κ3) is 5.84. The number of nitrogens with one attached hydrogen (secondary N) is 1. The van der Waals surface area contributed by atoms with Crippen LogP contribution in [0.15, 0.2) is 78.4 Å². The number of halogens is 1. The highest BCUT2D eigenvalue weighted by molar-refractivity contribution is 6.32. The number of nitrogens with zero attached hydrogens (tertiary/aromatic N) is 1. The van der Waals surface area contributed by atoms with Crippen molar-refractivity contribution in [2.75, 3.05) is 18.2 Å². The molecule has 3 aromatic carbocycles. The van der Waals surface area contributed by atoms with E-state index in [9.17, 15) is 9.59 Å². The lowest BCUT2D eigenvalue weighted by atomic mass is 9.99. The smallest absolute Gasteiger partial charge is 0.282 e. The largest absolute Gasteiger partial charge is 0.490 e. The van der Waals surface area contributed by atoms with E-state index in [1.807, 2.05) is 18.2 Å². The number of hydrazine groups is 1. The van der Waals surface area contributed by atoms with Crippen molar-refractivity contribution in [3.8, 4) is 11.5 Å². The molecular weight excluding hydrogens is 464 g/mol. The van der Waals surface area contributed by atoms with Crippen molar-refractivity contribution in [1.82, 2.24) is 5.43 Å². The summed E-state index contributed by atoms with van der Waals surface area (Å²) in [4.78, 5) is 25.4. The number of para-hydroxylation sites is 1. The van der Waals surface area contributed by atoms with Crippen LogP contribution < -0.4 is 19.9 Å². The first-order valence-corrected chi connectivity index (χ1v) is 11.9. The number of carbonyl (C=O) groups excluding carboxylic acids is 2. The minimum absolute atomic E-state index is 0.00128. The Balaban J connectivity index is 1.42. The second-order valence-electron chi connectivity index (χ2n) is 8.23. The van der Waals surface area contributed by atoms with Crippen LogP contribution in [0.4, 0.5) is 5.69 Å². The summed E-state index contributed by atoms with van der Waals surface area (Å²) >= 11 is 6.18. The summed E-state index contributed by atoms with van der Waals surface area (Å²) in [6.07, 6.45) is 2.58. The van der Waals surface area contributed by atoms with Gasteiger partial charge in [0, 0.05) is 10.6 Å². The summed E-state index contributed by atoms with van der Waals surface area (Å²) in [6, 6.07) is 22.1. The van der Waals surface area contributed by atoms with Crippen molar-refractivity contribution in [1.29, 1.82) is 0 Å². The number of hydrogen-bond donors (Lipinski definition) is 1. The van der Waals surface area contributed by atoms with E-state index in [4.69, 9.17) is 21.1 Å². The molecule has 180 valence electrons. The Morgan fingerprint density at radius 3 is 2.40 bits per heavy atom. The number of amides is 2. The van der Waals surface area contributed by atoms with Gasteiger partial charge in [0.15, 0.2) is 0 Å². The molecule has 4 rings (SSSR count). The molecule has 1 aliphatic rings. The Bertz CT molecular complexity index is 1230. The monoisotopic (exact) mass is 490 g/mol. The molecule has 1 unspecified atom stereocenters. The summed E-state index contributed by atoms with van der Waals surface area (Å²) in [6.45, 7) is 4.98. The Morgan fingerprint density at radius 2 is 1.69 bits per heavy atom. The molecule has 2 amide bonds. The van der Waals surface area contributed by atoms with Gasteiger partial charge in [-0.25, -0.2) is 5.01 Å². The summed E-state index contributed by atoms with van der Waals surface area (Å²) in [7, 11) is 0. The second kappa shape index (κ2) is 11.1. The average molecular weight is 491 g/mol. The van der Waals surface area contributed by atoms with Gasteiger partial charge in [0.1, 0.15) is 30.3 Å². The molecular formula is C28H27ClN2O4. The van der Waals surface area contributed by atoms with Crippen molar-refractivity contribution in [2.45, 2.75) is 26.2 Å². The van der Waals surface area contributed by atoms with Crippen LogP contribution in [-0.2, 0) is 9.59 Å². The third-order valence-electron chi connectivity index (χ3n) is 5.85. The maximum atomic E-state index is 12.9. The van der Waals surface area contributed by atoms with Gasteiger partial charge in [0.05, 0.1) is 5.69 Å². The molecule has 0 aliphatic carbocycles. The van der Waals surface area contributed by atoms with Crippen LogP contribution in [0.5, 0.6) is 11.5 Å². The molecule has 1 atom stereocenters. The van der Waals surface area contributed by atoms with E-state index in [1.54, 1.807) is 42.5 Å². The fourth-order valence-corrected chi connectivity index (χ4v) is 3.86. The van der Waals surface area contributed by atoms with Crippen molar-refractivity contribution in [3.05, 3.63) is 94.5 Å². The standard InChI is InChI=1S/C28H27ClN2O4/c1-3-19(2)20-9-12-24(13-10-20)34-15-16-35-26-14-11-22(29)17-21(26)18-25-27(32)30-31(28(25)33)23-7-5-4-6-8-23/h4-14,17-19H,3,15-16H2,1-2H3,(H,30,32)/b25-18-. The molecule has 35 heavy (non-hydrogen) atoms. The lowest BCUT2D eigenvalue weighted by Gasteiger charge is -2.14. The maximum absolute atomic E-state index is 12.9. The average Bonchev–Trinajstić information content (AvgIpc) is 3.16. The lowest BCUT2D eigenvalue weighted by Crippen LogP contribution is -2.35. The topological polar surface area (TPSA) is 67.9 Å². The van der Waals surface area contributed by atoms with Crippen molar-refractivity contribution >= 4 is 35.2 Å². The van der Waals surface area contributed by atoms with Crippen molar-refractivity contribution in [2.24, 2.45) is 0 Å². The molecule has 6 nitrogen and oxygen atoms in total. The maximum Gasteiger partial charge on any atom is 0.282 e. The molecule has 1 heterocycles. The van der Waals surface area contributed by atoms with Crippen LogP contribution in [0, 0.1) is 0 Å². The molecule has 0 radical (unpaired) electrons. The number of anilines is 1. The van der Waals surface area contributed by atoms with Crippen molar-refractivity contribution in [3.63, 3.8) is 0 Å². The third-order valence-corrected chi connectivity index (χ3v) is 6.08. The molecule has 0 spiro atoms. The molecule has 0 saturated carbocycles. The SMILES string of the molecule is CCC(C)c1ccc(OCCOc2ccc(Cl)cc2/C=C2/C(=O)NN(c3ccccc3)C2=O)cc1. The van der Waals surface area contributed by atoms with Crippen LogP contribution in [0.25, 0.3) is 6.08 Å². The first-order chi connectivity index (χ1) is 17.0. The fraction of sp³-hybridized carbons (Fsp3) is 0.214. The van der Waals surface area contributed by atoms with Gasteiger partial charge in [0.25, 0.3) is 11.8 Å². The van der Waals surface area contributed by atoms with E-state index >= 15 is 0 Å². The summed E-state index contributed by atoms with van der Waals surface area (Å²) in [5.41, 5.74) is 4.98. The minimum Gasteiger partial charge on any atom is -0.490 e. The van der Waals surface area contributed by atoms with Gasteiger partial charge in [0.2, 0.25) is 0 Å². The summed E-state index contributed by atoms with van der Waals surface area (Å²) < 4.78 is 11.7. The van der Waals surface area contributed by atoms with E-state index in [0.717, 1.165) is 12.2 Å². The quantitative estimate of drug-likeness (QED) is 0.235. The van der Waals surface area contributed by atoms with Crippen LogP contribution in [0.3, 0.4) is 0 Å². The molecule has 7 heteroatoms. The predicted octanol–water partition coefficient (Wildman–Crippen LogP) is 5.77. The zero-order chi connectivity index (χ0) is 24.8. The number of rotatable bonds is 9. The molecule has 3 aromatic rings. The number of benzene rings is 3. The lowest BCUT2D eigenvalue weighted by molar-refractivity contribution is -0.117. The first-order valence-electron chi connectivity index (χ1n) is 11.5. The molecule has 0 bridgehead atoms. The van der Waals surface area contributed by atoms with Gasteiger partial charge in [-0.3, -0.25) is 15.0 Å². The van der Waals surface area contributed by atoms with E-state index in [1.165, 1.54) is 16.6 Å². The van der Waals surface area contributed by atoms with Crippen LogP contribution in [0.2, 0.25) is 5.02 Å². The number of carbonyl (C=O) groups is 2. The van der Waals surface area contributed by atoms with E-state index in [-0.39, 0.29) is 12.2 Å². The van der Waals surface area contributed by atoms with Gasteiger partial charge in [-0.2, -0.15) is 0 Å². The fourth-order valence-electron chi connectivity index (χ4n) is 3.67. The van der Waals surface area contributed by atoms with Crippen LogP contribution >= 0.6 is 11.6 Å². The molecule has 0 aromatic heterocycles. The van der Waals surface area contributed by atoms with Crippen LogP contribution in [-0.4, -0.2) is 25.0 Å². The minimum atomic E-state index is -0.492. The molecule has 1 fully saturated rings. The number of ether oxygens (including phenoxy) is 2. The second-order valence-corrected chi connectivity index (χ2v) is 8.67. The molecule has 1 N–H and O–H groups in total. The summed E-state index contributed by atoms with van der Waals surface area (Å²) in [5, 5.41) is 1.69. The van der Waals surface area contributed by atoms with Gasteiger partial charge in [-0.15, -0.1) is 0 Å². The highest BCUT2D eigenvalue weighted by Crippen LogP contribution is 2.28. The normalized spacial score (nSPS) is 15.3. The summed E-state index contributed by atoms with van der Waals surface area (Å²) in [5.74, 6) is 0.841. The highest BCUT2D eigenvalue weighted by Gasteiger charge is 2.34. The van der Waals surface area contributed by atoms with Gasteiger partial charge in [-0.1, -0.05) is 55.8 Å². The van der Waals surface area contributed by atoms with E-state index in [0.29, 0.717) is 34.5 Å². The van der Waals surface area contributed by atoms with E-state index in [2.05, 4.69) is 31.4 Å². The van der Waals surface area contributed by atoms with Gasteiger partial charge < -0.3 is 9.47 Å². The Kier molecular flexibility index (Phi) is 7.73. The molecule has 1 aliphatic heterocycles. The Labute approximate surface area is 210 Å². The zero-order valence-corrected chi connectivity index (χ0v) is 20.4. The first kappa shape index (κ1) is 24.4. The van der Waals surface area contributed by atoms with Gasteiger partial charge >= 0.3 is 0 Å². The Morgan fingerprint density at radius 1 is 0.971 bits per heavy atom. The number of hydrogen-bond acceptors (Lipinski definition) is 4. The molecule has 1 saturated heterocycles. The highest BCUT2D eigenvalue weighted by atomic mass is 35.5. The van der Waals surface area contributed by atoms with Gasteiger partial charge in [-0.05, 0) is 66.4 Å². The van der Waals surface area contributed by atoms with Crippen molar-refractivity contribution < 1.29 is 19.1 Å². The van der Waals surface area contributed by atoms with Crippen LogP contribution in [0.1, 0.15) is 37.3 Å².